The Labute approximate surface area is 73.6 Å². The maximum absolute atomic E-state index is 9.12. The average molecular weight is 167 g/mol. The molecule has 0 aromatic carbocycles. The molecule has 0 radical (unpaired) electrons. The standard InChI is InChI=1S/C10H17NO/c1-7-6-11-9(3)10(7)5-4-8(2)12/h6,8,11-12H,4-5H2,1-3H3/t8-/m0/s1. The largest absolute Gasteiger partial charge is 0.393 e. The van der Waals surface area contributed by atoms with Gasteiger partial charge in [-0.05, 0) is 44.7 Å². The van der Waals surface area contributed by atoms with Crippen molar-refractivity contribution in [3.8, 4) is 0 Å². The van der Waals surface area contributed by atoms with Crippen molar-refractivity contribution in [2.24, 2.45) is 0 Å². The Kier molecular flexibility index (Phi) is 2.93. The van der Waals surface area contributed by atoms with Crippen molar-refractivity contribution in [3.63, 3.8) is 0 Å². The van der Waals surface area contributed by atoms with Crippen LogP contribution in [0.15, 0.2) is 6.20 Å². The van der Waals surface area contributed by atoms with E-state index in [9.17, 15) is 0 Å². The lowest BCUT2D eigenvalue weighted by molar-refractivity contribution is 0.185. The number of aromatic nitrogens is 1. The molecule has 0 unspecified atom stereocenters. The first-order valence-electron chi connectivity index (χ1n) is 4.42. The minimum Gasteiger partial charge on any atom is -0.393 e. The monoisotopic (exact) mass is 167 g/mol. The van der Waals surface area contributed by atoms with Gasteiger partial charge in [0.1, 0.15) is 0 Å². The SMILES string of the molecule is Cc1c[nH]c(C)c1CC[C@H](C)O. The second-order valence-corrected chi connectivity index (χ2v) is 3.46. The minimum absolute atomic E-state index is 0.196. The molecule has 12 heavy (non-hydrogen) atoms. The van der Waals surface area contributed by atoms with Crippen LogP contribution in [-0.4, -0.2) is 16.2 Å². The van der Waals surface area contributed by atoms with Crippen LogP contribution < -0.4 is 0 Å². The number of aromatic amines is 1. The summed E-state index contributed by atoms with van der Waals surface area (Å²) in [6.45, 7) is 6.00. The van der Waals surface area contributed by atoms with E-state index >= 15 is 0 Å². The van der Waals surface area contributed by atoms with Gasteiger partial charge in [-0.15, -0.1) is 0 Å². The fourth-order valence-electron chi connectivity index (χ4n) is 1.42. The first-order chi connectivity index (χ1) is 5.61. The number of rotatable bonds is 3. The molecule has 0 aliphatic heterocycles. The predicted molar refractivity (Wildman–Crippen MR) is 50.3 cm³/mol. The normalized spacial score (nSPS) is 13.3. The quantitative estimate of drug-likeness (QED) is 0.709. The van der Waals surface area contributed by atoms with E-state index in [-0.39, 0.29) is 6.10 Å². The van der Waals surface area contributed by atoms with Crippen molar-refractivity contribution in [2.45, 2.75) is 39.7 Å². The third kappa shape index (κ3) is 2.11. The summed E-state index contributed by atoms with van der Waals surface area (Å²) in [6.07, 6.45) is 3.64. The van der Waals surface area contributed by atoms with E-state index in [0.29, 0.717) is 0 Å². The van der Waals surface area contributed by atoms with Gasteiger partial charge in [-0.2, -0.15) is 0 Å². The van der Waals surface area contributed by atoms with E-state index in [2.05, 4.69) is 18.8 Å². The zero-order valence-electron chi connectivity index (χ0n) is 8.02. The van der Waals surface area contributed by atoms with E-state index in [1.54, 1.807) is 0 Å². The molecule has 0 bridgehead atoms. The van der Waals surface area contributed by atoms with Gasteiger partial charge in [0.05, 0.1) is 6.10 Å². The highest BCUT2D eigenvalue weighted by molar-refractivity contribution is 5.28. The molecule has 0 saturated heterocycles. The molecule has 0 saturated carbocycles. The Morgan fingerprint density at radius 1 is 1.50 bits per heavy atom. The molecule has 1 aromatic rings. The minimum atomic E-state index is -0.196. The Balaban J connectivity index is 2.62. The number of aryl methyl sites for hydroxylation is 2. The van der Waals surface area contributed by atoms with Crippen molar-refractivity contribution in [3.05, 3.63) is 23.0 Å². The summed E-state index contributed by atoms with van der Waals surface area (Å²) >= 11 is 0. The summed E-state index contributed by atoms with van der Waals surface area (Å²) in [7, 11) is 0. The summed E-state index contributed by atoms with van der Waals surface area (Å²) in [4.78, 5) is 3.18. The third-order valence-corrected chi connectivity index (χ3v) is 2.25. The van der Waals surface area contributed by atoms with Gasteiger partial charge in [0, 0.05) is 11.9 Å². The smallest absolute Gasteiger partial charge is 0.0515 e. The van der Waals surface area contributed by atoms with Gasteiger partial charge in [0.15, 0.2) is 0 Å². The molecule has 2 N–H and O–H groups in total. The maximum atomic E-state index is 9.12. The second-order valence-electron chi connectivity index (χ2n) is 3.46. The van der Waals surface area contributed by atoms with Crippen LogP contribution in [0.1, 0.15) is 30.2 Å². The first-order valence-corrected chi connectivity index (χ1v) is 4.42. The molecule has 0 aliphatic carbocycles. The number of aliphatic hydroxyl groups is 1. The van der Waals surface area contributed by atoms with Crippen LogP contribution in [0, 0.1) is 13.8 Å². The van der Waals surface area contributed by atoms with E-state index in [1.807, 2.05) is 13.1 Å². The van der Waals surface area contributed by atoms with Gasteiger partial charge in [-0.3, -0.25) is 0 Å². The lowest BCUT2D eigenvalue weighted by Gasteiger charge is -2.04. The van der Waals surface area contributed by atoms with Crippen molar-refractivity contribution < 1.29 is 5.11 Å². The van der Waals surface area contributed by atoms with Gasteiger partial charge in [0.2, 0.25) is 0 Å². The maximum Gasteiger partial charge on any atom is 0.0515 e. The van der Waals surface area contributed by atoms with Crippen LogP contribution >= 0.6 is 0 Å². The predicted octanol–water partition coefficient (Wildman–Crippen LogP) is 1.94. The van der Waals surface area contributed by atoms with Crippen LogP contribution in [0.4, 0.5) is 0 Å². The average Bonchev–Trinajstić information content (AvgIpc) is 2.28. The summed E-state index contributed by atoms with van der Waals surface area (Å²) in [5.41, 5.74) is 3.89. The van der Waals surface area contributed by atoms with Gasteiger partial charge >= 0.3 is 0 Å². The topological polar surface area (TPSA) is 36.0 Å². The lowest BCUT2D eigenvalue weighted by atomic mass is 10.0. The van der Waals surface area contributed by atoms with E-state index in [1.165, 1.54) is 16.8 Å². The number of H-pyrrole nitrogens is 1. The number of nitrogens with one attached hydrogen (secondary N) is 1. The molecule has 0 fully saturated rings. The van der Waals surface area contributed by atoms with Crippen LogP contribution in [0.25, 0.3) is 0 Å². The van der Waals surface area contributed by atoms with Crippen LogP contribution in [-0.2, 0) is 6.42 Å². The Morgan fingerprint density at radius 2 is 2.17 bits per heavy atom. The Bertz CT molecular complexity index is 231. The number of aliphatic hydroxyl groups excluding tert-OH is 1. The lowest BCUT2D eigenvalue weighted by Crippen LogP contribution is -2.02. The molecule has 1 atom stereocenters. The molecule has 2 heteroatoms. The van der Waals surface area contributed by atoms with Crippen molar-refractivity contribution >= 4 is 0 Å². The molecule has 0 spiro atoms. The summed E-state index contributed by atoms with van der Waals surface area (Å²) in [5.74, 6) is 0. The number of hydrogen-bond acceptors (Lipinski definition) is 1. The summed E-state index contributed by atoms with van der Waals surface area (Å²) in [5, 5.41) is 9.12. The second kappa shape index (κ2) is 3.76. The summed E-state index contributed by atoms with van der Waals surface area (Å²) in [6, 6.07) is 0. The Morgan fingerprint density at radius 3 is 2.58 bits per heavy atom. The van der Waals surface area contributed by atoms with Crippen molar-refractivity contribution in [1.82, 2.24) is 4.98 Å². The van der Waals surface area contributed by atoms with E-state index < -0.39 is 0 Å². The zero-order valence-corrected chi connectivity index (χ0v) is 8.02. The molecular formula is C10H17NO. The van der Waals surface area contributed by atoms with Crippen molar-refractivity contribution in [1.29, 1.82) is 0 Å². The van der Waals surface area contributed by atoms with Gasteiger partial charge in [-0.25, -0.2) is 0 Å². The molecule has 1 heterocycles. The van der Waals surface area contributed by atoms with Gasteiger partial charge < -0.3 is 10.1 Å². The zero-order chi connectivity index (χ0) is 9.14. The highest BCUT2D eigenvalue weighted by atomic mass is 16.3. The van der Waals surface area contributed by atoms with Crippen LogP contribution in [0.5, 0.6) is 0 Å². The van der Waals surface area contributed by atoms with Crippen molar-refractivity contribution in [2.75, 3.05) is 0 Å². The molecule has 68 valence electrons. The molecule has 1 aromatic heterocycles. The highest BCUT2D eigenvalue weighted by Gasteiger charge is 2.05. The molecule has 0 amide bonds. The molecule has 0 aliphatic rings. The summed E-state index contributed by atoms with van der Waals surface area (Å²) < 4.78 is 0. The van der Waals surface area contributed by atoms with E-state index in [0.717, 1.165) is 12.8 Å². The number of hydrogen-bond donors (Lipinski definition) is 2. The molecule has 2 nitrogen and oxygen atoms in total. The fraction of sp³-hybridized carbons (Fsp3) is 0.600. The fourth-order valence-corrected chi connectivity index (χ4v) is 1.42. The third-order valence-electron chi connectivity index (χ3n) is 2.25. The first kappa shape index (κ1) is 9.33. The van der Waals surface area contributed by atoms with Crippen LogP contribution in [0.2, 0.25) is 0 Å². The van der Waals surface area contributed by atoms with Gasteiger partial charge in [-0.1, -0.05) is 0 Å². The molecule has 1 rings (SSSR count). The van der Waals surface area contributed by atoms with Gasteiger partial charge in [0.25, 0.3) is 0 Å². The van der Waals surface area contributed by atoms with E-state index in [4.69, 9.17) is 5.11 Å². The van der Waals surface area contributed by atoms with Crippen LogP contribution in [0.3, 0.4) is 0 Å². The molecular weight excluding hydrogens is 150 g/mol. The highest BCUT2D eigenvalue weighted by Crippen LogP contribution is 2.14. The Hall–Kier alpha value is -0.760.